The van der Waals surface area contributed by atoms with Crippen LogP contribution in [0, 0.1) is 13.8 Å². The monoisotopic (exact) mass is 368 g/mol. The Morgan fingerprint density at radius 2 is 2.07 bits per heavy atom. The number of carbonyl (C=O) groups excluding carboxylic acids is 1. The number of hydrogen-bond donors (Lipinski definition) is 2. The molecule has 8 heteroatoms. The van der Waals surface area contributed by atoms with Crippen molar-refractivity contribution in [3.05, 3.63) is 53.0 Å². The van der Waals surface area contributed by atoms with Gasteiger partial charge in [-0.25, -0.2) is 14.3 Å². The highest BCUT2D eigenvalue weighted by Gasteiger charge is 2.19. The minimum Gasteiger partial charge on any atom is -0.481 e. The Kier molecular flexibility index (Phi) is 5.07. The van der Waals surface area contributed by atoms with Crippen molar-refractivity contribution in [3.8, 4) is 0 Å². The molecule has 1 aromatic carbocycles. The molecule has 2 aromatic heterocycles. The molecule has 0 fully saturated rings. The molecule has 2 heterocycles. The molecule has 2 N–H and O–H groups in total. The molecular weight excluding hydrogens is 348 g/mol. The molecular formula is C19H20N4O4. The number of nitrogens with one attached hydrogen (secondary N) is 1. The van der Waals surface area contributed by atoms with Gasteiger partial charge in [-0.3, -0.25) is 4.79 Å². The number of carboxylic acid groups (broad SMARTS) is 1. The third kappa shape index (κ3) is 3.74. The van der Waals surface area contributed by atoms with Crippen molar-refractivity contribution in [1.82, 2.24) is 14.6 Å². The first-order valence-electron chi connectivity index (χ1n) is 8.49. The summed E-state index contributed by atoms with van der Waals surface area (Å²) in [7, 11) is 0. The van der Waals surface area contributed by atoms with Crippen molar-refractivity contribution >= 4 is 29.0 Å². The molecule has 0 aliphatic heterocycles. The molecule has 8 nitrogen and oxygen atoms in total. The van der Waals surface area contributed by atoms with Crippen molar-refractivity contribution in [3.63, 3.8) is 0 Å². The standard InChI is InChI=1S/C19H20N4O4/c1-4-27-19(26)14-9-23-17(12(14)3)18(20-10-21-23)22-15-7-13(8-16(24)25)6-5-11(15)2/h5-7,9-10H,4,8H2,1-3H3,(H,24,25)(H,20,21,22). The van der Waals surface area contributed by atoms with Crippen LogP contribution in [-0.2, 0) is 16.0 Å². The largest absolute Gasteiger partial charge is 0.481 e. The fourth-order valence-corrected chi connectivity index (χ4v) is 2.88. The van der Waals surface area contributed by atoms with Gasteiger partial charge in [0.25, 0.3) is 0 Å². The van der Waals surface area contributed by atoms with E-state index in [-0.39, 0.29) is 13.0 Å². The summed E-state index contributed by atoms with van der Waals surface area (Å²) in [5, 5.41) is 16.4. The fraction of sp³-hybridized carbons (Fsp3) is 0.263. The number of ether oxygens (including phenoxy) is 1. The van der Waals surface area contributed by atoms with E-state index in [0.29, 0.717) is 28.0 Å². The van der Waals surface area contributed by atoms with Crippen molar-refractivity contribution in [2.75, 3.05) is 11.9 Å². The van der Waals surface area contributed by atoms with Gasteiger partial charge in [-0.05, 0) is 43.5 Å². The van der Waals surface area contributed by atoms with Gasteiger partial charge in [0, 0.05) is 11.9 Å². The summed E-state index contributed by atoms with van der Waals surface area (Å²) in [4.78, 5) is 27.4. The Morgan fingerprint density at radius 3 is 2.78 bits per heavy atom. The van der Waals surface area contributed by atoms with Crippen molar-refractivity contribution < 1.29 is 19.4 Å². The predicted molar refractivity (Wildman–Crippen MR) is 99.5 cm³/mol. The summed E-state index contributed by atoms with van der Waals surface area (Å²) in [5.41, 5.74) is 4.15. The molecule has 140 valence electrons. The Morgan fingerprint density at radius 1 is 1.30 bits per heavy atom. The highest BCUT2D eigenvalue weighted by molar-refractivity contribution is 5.95. The van der Waals surface area contributed by atoms with E-state index in [4.69, 9.17) is 9.84 Å². The summed E-state index contributed by atoms with van der Waals surface area (Å²) < 4.78 is 6.67. The van der Waals surface area contributed by atoms with Gasteiger partial charge >= 0.3 is 11.9 Å². The van der Waals surface area contributed by atoms with Crippen molar-refractivity contribution in [1.29, 1.82) is 0 Å². The molecule has 0 bridgehead atoms. The third-order valence-electron chi connectivity index (χ3n) is 4.23. The van der Waals surface area contributed by atoms with E-state index in [9.17, 15) is 9.59 Å². The highest BCUT2D eigenvalue weighted by Crippen LogP contribution is 2.27. The lowest BCUT2D eigenvalue weighted by Gasteiger charge is -2.12. The van der Waals surface area contributed by atoms with Crippen LogP contribution in [-0.4, -0.2) is 38.3 Å². The van der Waals surface area contributed by atoms with E-state index in [0.717, 1.165) is 11.3 Å². The summed E-state index contributed by atoms with van der Waals surface area (Å²) in [6.45, 7) is 5.77. The number of hydrogen-bond acceptors (Lipinski definition) is 6. The maximum absolute atomic E-state index is 12.1. The average Bonchev–Trinajstić information content (AvgIpc) is 2.95. The van der Waals surface area contributed by atoms with Crippen LogP contribution in [0.4, 0.5) is 11.5 Å². The summed E-state index contributed by atoms with van der Waals surface area (Å²) in [5.74, 6) is -0.782. The minimum absolute atomic E-state index is 0.0642. The van der Waals surface area contributed by atoms with Crippen molar-refractivity contribution in [2.24, 2.45) is 0 Å². The van der Waals surface area contributed by atoms with Gasteiger partial charge in [0.2, 0.25) is 0 Å². The Bertz CT molecular complexity index is 1030. The van der Waals surface area contributed by atoms with Crippen LogP contribution < -0.4 is 5.32 Å². The number of carboxylic acids is 1. The summed E-state index contributed by atoms with van der Waals surface area (Å²) >= 11 is 0. The SMILES string of the molecule is CCOC(=O)c1cn2ncnc(Nc3cc(CC(=O)O)ccc3C)c2c1C. The van der Waals surface area contributed by atoms with E-state index in [1.807, 2.05) is 19.9 Å². The maximum atomic E-state index is 12.1. The summed E-state index contributed by atoms with van der Waals surface area (Å²) in [6, 6.07) is 5.42. The number of aromatic nitrogens is 3. The lowest BCUT2D eigenvalue weighted by Crippen LogP contribution is -2.05. The average molecular weight is 368 g/mol. The molecule has 0 spiro atoms. The van der Waals surface area contributed by atoms with Crippen LogP contribution >= 0.6 is 0 Å². The van der Waals surface area contributed by atoms with Crippen LogP contribution in [0.25, 0.3) is 5.52 Å². The smallest absolute Gasteiger partial charge is 0.340 e. The van der Waals surface area contributed by atoms with Crippen LogP contribution in [0.3, 0.4) is 0 Å². The molecule has 0 unspecified atom stereocenters. The van der Waals surface area contributed by atoms with Crippen LogP contribution in [0.5, 0.6) is 0 Å². The second-order valence-corrected chi connectivity index (χ2v) is 6.13. The van der Waals surface area contributed by atoms with E-state index in [1.165, 1.54) is 6.33 Å². The quantitative estimate of drug-likeness (QED) is 0.644. The molecule has 0 saturated heterocycles. The number of esters is 1. The van der Waals surface area contributed by atoms with E-state index in [1.54, 1.807) is 29.8 Å². The molecule has 3 rings (SSSR count). The van der Waals surface area contributed by atoms with Gasteiger partial charge in [0.05, 0.1) is 18.6 Å². The highest BCUT2D eigenvalue weighted by atomic mass is 16.5. The Balaban J connectivity index is 2.03. The number of carbonyl (C=O) groups is 2. The number of nitrogens with zero attached hydrogens (tertiary/aromatic N) is 3. The molecule has 0 amide bonds. The maximum Gasteiger partial charge on any atom is 0.340 e. The van der Waals surface area contributed by atoms with Gasteiger partial charge < -0.3 is 15.2 Å². The van der Waals surface area contributed by atoms with E-state index in [2.05, 4.69) is 15.4 Å². The van der Waals surface area contributed by atoms with Gasteiger partial charge in [-0.1, -0.05) is 12.1 Å². The van der Waals surface area contributed by atoms with Crippen LogP contribution in [0.2, 0.25) is 0 Å². The van der Waals surface area contributed by atoms with Crippen LogP contribution in [0.15, 0.2) is 30.7 Å². The summed E-state index contributed by atoms with van der Waals surface area (Å²) in [6.07, 6.45) is 2.94. The third-order valence-corrected chi connectivity index (χ3v) is 4.23. The first-order chi connectivity index (χ1) is 12.9. The minimum atomic E-state index is -0.893. The second kappa shape index (κ2) is 7.45. The van der Waals surface area contributed by atoms with Gasteiger partial charge in [-0.15, -0.1) is 0 Å². The predicted octanol–water partition coefficient (Wildman–Crippen LogP) is 2.89. The zero-order valence-electron chi connectivity index (χ0n) is 15.3. The van der Waals surface area contributed by atoms with Gasteiger partial charge in [0.1, 0.15) is 11.8 Å². The number of fused-ring (bicyclic) bond motifs is 1. The molecule has 27 heavy (non-hydrogen) atoms. The molecule has 0 saturated carbocycles. The zero-order chi connectivity index (χ0) is 19.6. The van der Waals surface area contributed by atoms with Crippen molar-refractivity contribution in [2.45, 2.75) is 27.2 Å². The number of anilines is 2. The second-order valence-electron chi connectivity index (χ2n) is 6.13. The van der Waals surface area contributed by atoms with Crippen LogP contribution in [0.1, 0.15) is 34.0 Å². The normalized spacial score (nSPS) is 10.8. The first-order valence-corrected chi connectivity index (χ1v) is 8.49. The fourth-order valence-electron chi connectivity index (χ4n) is 2.88. The molecule has 3 aromatic rings. The Labute approximate surface area is 155 Å². The number of rotatable bonds is 6. The lowest BCUT2D eigenvalue weighted by molar-refractivity contribution is -0.136. The van der Waals surface area contributed by atoms with Gasteiger partial charge in [0.15, 0.2) is 5.82 Å². The number of benzene rings is 1. The number of aliphatic carboxylic acids is 1. The van der Waals surface area contributed by atoms with Gasteiger partial charge in [-0.2, -0.15) is 5.10 Å². The molecule has 0 radical (unpaired) electrons. The van der Waals surface area contributed by atoms with E-state index < -0.39 is 11.9 Å². The topological polar surface area (TPSA) is 106 Å². The Hall–Kier alpha value is -3.42. The zero-order valence-corrected chi connectivity index (χ0v) is 15.3. The number of aryl methyl sites for hydroxylation is 2. The molecule has 0 atom stereocenters. The first kappa shape index (κ1) is 18.4. The van der Waals surface area contributed by atoms with E-state index >= 15 is 0 Å². The molecule has 0 aliphatic carbocycles. The lowest BCUT2D eigenvalue weighted by atomic mass is 10.1. The molecule has 0 aliphatic rings.